The van der Waals surface area contributed by atoms with Crippen LogP contribution in [0.5, 0.6) is 0 Å². The van der Waals surface area contributed by atoms with E-state index in [0.29, 0.717) is 36.5 Å². The van der Waals surface area contributed by atoms with Gasteiger partial charge in [-0.25, -0.2) is 14.7 Å². The van der Waals surface area contributed by atoms with Gasteiger partial charge in [0, 0.05) is 42.5 Å². The van der Waals surface area contributed by atoms with Gasteiger partial charge in [0.05, 0.1) is 0 Å². The lowest BCUT2D eigenvalue weighted by molar-refractivity contribution is -0.127. The van der Waals surface area contributed by atoms with E-state index in [-0.39, 0.29) is 24.2 Å². The molecule has 0 bridgehead atoms. The van der Waals surface area contributed by atoms with Crippen LogP contribution in [0.3, 0.4) is 0 Å². The standard InChI is InChI=1S/C36H43N7O5/c1-22-20-38-17-16-29(22)27-7-5-6-24(18-27)19-30(31(37)44)43(28-14-12-25(13-15-28)32-40-34(46)42-41-32)33(45)26-10-8-23(9-11-26)21-39-35(47)48-36(2,3)4/h5-7,12-18,20,23,26,30H,8-11,19,21H2,1-4H3,(H2,37,44)(H,39,47)(H2,40,41,42,46)/t23-,26-,30-/m0/s1. The molecule has 0 radical (unpaired) electrons. The van der Waals surface area contributed by atoms with E-state index in [1.807, 2.05) is 58.0 Å². The molecule has 48 heavy (non-hydrogen) atoms. The van der Waals surface area contributed by atoms with Gasteiger partial charge in [0.25, 0.3) is 0 Å². The van der Waals surface area contributed by atoms with Crippen molar-refractivity contribution in [1.29, 1.82) is 0 Å². The third kappa shape index (κ3) is 8.55. The van der Waals surface area contributed by atoms with E-state index in [1.165, 1.54) is 4.90 Å². The van der Waals surface area contributed by atoms with E-state index in [0.717, 1.165) is 35.1 Å². The maximum atomic E-state index is 14.4. The first kappa shape index (κ1) is 34.1. The number of alkyl carbamates (subject to hydrolysis) is 1. The normalized spacial score (nSPS) is 16.9. The van der Waals surface area contributed by atoms with Gasteiger partial charge in [-0.3, -0.25) is 24.5 Å². The first-order valence-corrected chi connectivity index (χ1v) is 16.2. The number of hydrogen-bond acceptors (Lipinski definition) is 7. The predicted molar refractivity (Wildman–Crippen MR) is 183 cm³/mol. The molecule has 0 spiro atoms. The van der Waals surface area contributed by atoms with E-state index < -0.39 is 29.3 Å². The Morgan fingerprint density at radius 3 is 2.40 bits per heavy atom. The Hall–Kier alpha value is -5.26. The number of H-pyrrole nitrogens is 2. The molecule has 12 nitrogen and oxygen atoms in total. The van der Waals surface area contributed by atoms with E-state index in [2.05, 4.69) is 25.5 Å². The molecule has 2 aromatic heterocycles. The SMILES string of the molecule is Cc1cnccc1-c1cccc(C[C@@H](C(N)=O)N(c2ccc(-c3n[nH]c(=O)[nH]3)cc2)C(=O)[C@H]2CC[C@H](CNC(=O)OC(C)(C)C)CC2)c1. The van der Waals surface area contributed by atoms with Crippen LogP contribution in [0.2, 0.25) is 0 Å². The molecule has 2 aromatic carbocycles. The number of nitrogens with zero attached hydrogens (tertiary/aromatic N) is 3. The summed E-state index contributed by atoms with van der Waals surface area (Å²) in [4.78, 5) is 59.8. The minimum Gasteiger partial charge on any atom is -0.444 e. The number of pyridine rings is 1. The summed E-state index contributed by atoms with van der Waals surface area (Å²) in [6.45, 7) is 7.91. The number of carbonyl (C=O) groups excluding carboxylic acids is 3. The zero-order chi connectivity index (χ0) is 34.4. The number of hydrogen-bond donors (Lipinski definition) is 4. The molecule has 5 rings (SSSR count). The average molecular weight is 654 g/mol. The Bertz CT molecular complexity index is 1800. The monoisotopic (exact) mass is 653 g/mol. The number of amides is 3. The molecule has 0 aliphatic heterocycles. The van der Waals surface area contributed by atoms with Crippen LogP contribution < -0.4 is 21.6 Å². The second-order valence-corrected chi connectivity index (χ2v) is 13.4. The number of nitrogens with one attached hydrogen (secondary N) is 3. The van der Waals surface area contributed by atoms with Gasteiger partial charge in [0.2, 0.25) is 11.8 Å². The second kappa shape index (κ2) is 14.7. The van der Waals surface area contributed by atoms with Crippen molar-refractivity contribution < 1.29 is 19.1 Å². The number of nitrogens with two attached hydrogens (primary N) is 1. The van der Waals surface area contributed by atoms with Crippen molar-refractivity contribution >= 4 is 23.6 Å². The highest BCUT2D eigenvalue weighted by Crippen LogP contribution is 2.33. The minimum atomic E-state index is -0.964. The number of carbonyl (C=O) groups is 3. The van der Waals surface area contributed by atoms with Crippen LogP contribution in [0.4, 0.5) is 10.5 Å². The molecule has 0 saturated heterocycles. The van der Waals surface area contributed by atoms with Crippen LogP contribution >= 0.6 is 0 Å². The zero-order valence-corrected chi connectivity index (χ0v) is 27.8. The number of aromatic amines is 2. The molecule has 1 aliphatic carbocycles. The number of aryl methyl sites for hydroxylation is 1. The minimum absolute atomic E-state index is 0.181. The fourth-order valence-corrected chi connectivity index (χ4v) is 6.21. The average Bonchev–Trinajstić information content (AvgIpc) is 3.49. The van der Waals surface area contributed by atoms with Gasteiger partial charge in [-0.1, -0.05) is 24.3 Å². The summed E-state index contributed by atoms with van der Waals surface area (Å²) >= 11 is 0. The van der Waals surface area contributed by atoms with Crippen LogP contribution in [-0.4, -0.2) is 56.3 Å². The molecule has 1 atom stereocenters. The summed E-state index contributed by atoms with van der Waals surface area (Å²) < 4.78 is 5.36. The third-order valence-corrected chi connectivity index (χ3v) is 8.61. The maximum absolute atomic E-state index is 14.4. The van der Waals surface area contributed by atoms with Gasteiger partial charge < -0.3 is 15.8 Å². The van der Waals surface area contributed by atoms with E-state index in [9.17, 15) is 19.2 Å². The summed E-state index contributed by atoms with van der Waals surface area (Å²) in [5.41, 5.74) is 10.1. The van der Waals surface area contributed by atoms with E-state index >= 15 is 0 Å². The van der Waals surface area contributed by atoms with Crippen molar-refractivity contribution in [3.63, 3.8) is 0 Å². The summed E-state index contributed by atoms with van der Waals surface area (Å²) in [6, 6.07) is 15.8. The Balaban J connectivity index is 1.39. The highest BCUT2D eigenvalue weighted by Gasteiger charge is 2.36. The lowest BCUT2D eigenvalue weighted by Gasteiger charge is -2.36. The highest BCUT2D eigenvalue weighted by molar-refractivity contribution is 6.01. The number of primary amides is 1. The van der Waals surface area contributed by atoms with Crippen LogP contribution in [0.15, 0.2) is 71.8 Å². The number of rotatable bonds is 10. The molecule has 4 aromatic rings. The Labute approximate surface area is 279 Å². The number of aromatic nitrogens is 4. The fourth-order valence-electron chi connectivity index (χ4n) is 6.21. The second-order valence-electron chi connectivity index (χ2n) is 13.4. The van der Waals surface area contributed by atoms with Crippen LogP contribution in [0.1, 0.15) is 57.6 Å². The smallest absolute Gasteiger partial charge is 0.407 e. The van der Waals surface area contributed by atoms with Gasteiger partial charge in [0.1, 0.15) is 11.6 Å². The van der Waals surface area contributed by atoms with Gasteiger partial charge in [-0.15, -0.1) is 0 Å². The maximum Gasteiger partial charge on any atom is 0.407 e. The van der Waals surface area contributed by atoms with Crippen molar-refractivity contribution in [3.8, 4) is 22.5 Å². The Morgan fingerprint density at radius 2 is 1.77 bits per heavy atom. The molecule has 3 amide bonds. The first-order chi connectivity index (χ1) is 22.9. The van der Waals surface area contributed by atoms with Crippen molar-refractivity contribution in [2.45, 2.75) is 71.4 Å². The van der Waals surface area contributed by atoms with Gasteiger partial charge in [-0.05, 0) is 112 Å². The fraction of sp³-hybridized carbons (Fsp3) is 0.389. The summed E-state index contributed by atoms with van der Waals surface area (Å²) in [6.07, 6.45) is 5.98. The zero-order valence-electron chi connectivity index (χ0n) is 27.8. The molecule has 2 heterocycles. The number of benzene rings is 2. The topological polar surface area (TPSA) is 176 Å². The highest BCUT2D eigenvalue weighted by atomic mass is 16.6. The summed E-state index contributed by atoms with van der Waals surface area (Å²) in [5, 5.41) is 9.20. The van der Waals surface area contributed by atoms with Crippen molar-refractivity contribution in [2.75, 3.05) is 11.4 Å². The van der Waals surface area contributed by atoms with Gasteiger partial charge >= 0.3 is 11.8 Å². The molecule has 1 fully saturated rings. The summed E-state index contributed by atoms with van der Waals surface area (Å²) in [7, 11) is 0. The molecular weight excluding hydrogens is 610 g/mol. The van der Waals surface area contributed by atoms with E-state index in [4.69, 9.17) is 10.5 Å². The van der Waals surface area contributed by atoms with Crippen molar-refractivity contribution in [2.24, 2.45) is 17.6 Å². The lowest BCUT2D eigenvalue weighted by Crippen LogP contribution is -2.52. The molecule has 12 heteroatoms. The quantitative estimate of drug-likeness (QED) is 0.188. The molecule has 252 valence electrons. The molecule has 1 aliphatic rings. The van der Waals surface area contributed by atoms with Gasteiger partial charge in [-0.2, -0.15) is 5.10 Å². The largest absolute Gasteiger partial charge is 0.444 e. The summed E-state index contributed by atoms with van der Waals surface area (Å²) in [5.74, 6) is -0.573. The predicted octanol–water partition coefficient (Wildman–Crippen LogP) is 4.90. The molecule has 1 saturated carbocycles. The first-order valence-electron chi connectivity index (χ1n) is 16.2. The molecule has 5 N–H and O–H groups in total. The Morgan fingerprint density at radius 1 is 1.04 bits per heavy atom. The Kier molecular flexibility index (Phi) is 10.4. The van der Waals surface area contributed by atoms with Crippen LogP contribution in [0, 0.1) is 18.8 Å². The van der Waals surface area contributed by atoms with Crippen LogP contribution in [-0.2, 0) is 20.7 Å². The molecular formula is C36H43N7O5. The van der Waals surface area contributed by atoms with E-state index in [1.54, 1.807) is 36.7 Å². The molecule has 0 unspecified atom stereocenters. The number of ether oxygens (including phenoxy) is 1. The van der Waals surface area contributed by atoms with Crippen LogP contribution in [0.25, 0.3) is 22.5 Å². The number of anilines is 1. The van der Waals surface area contributed by atoms with Crippen molar-refractivity contribution in [1.82, 2.24) is 25.5 Å². The van der Waals surface area contributed by atoms with Crippen molar-refractivity contribution in [3.05, 3.63) is 88.6 Å². The van der Waals surface area contributed by atoms with Gasteiger partial charge in [0.15, 0.2) is 5.82 Å². The third-order valence-electron chi connectivity index (χ3n) is 8.61. The lowest BCUT2D eigenvalue weighted by atomic mass is 9.81.